The minimum Gasteiger partial charge on any atom is -0.375 e. The summed E-state index contributed by atoms with van der Waals surface area (Å²) in [5.74, 6) is 0.0679. The van der Waals surface area contributed by atoms with Crippen molar-refractivity contribution < 1.29 is 9.53 Å². The molecule has 17 heavy (non-hydrogen) atoms. The molecule has 1 fully saturated rings. The van der Waals surface area contributed by atoms with Crippen LogP contribution in [0.5, 0.6) is 0 Å². The Balaban J connectivity index is 2.40. The Morgan fingerprint density at radius 3 is 2.65 bits per heavy atom. The maximum atomic E-state index is 11.3. The lowest BCUT2D eigenvalue weighted by Gasteiger charge is -2.17. The van der Waals surface area contributed by atoms with Crippen molar-refractivity contribution >= 4 is 5.91 Å². The van der Waals surface area contributed by atoms with Crippen LogP contribution in [0.1, 0.15) is 55.0 Å². The number of hydrogen-bond donors (Lipinski definition) is 1. The van der Waals surface area contributed by atoms with Gasteiger partial charge >= 0.3 is 0 Å². The number of carbonyl (C=O) groups is 1. The van der Waals surface area contributed by atoms with Gasteiger partial charge in [-0.3, -0.25) is 4.79 Å². The molecule has 0 radical (unpaired) electrons. The molecule has 1 aliphatic carbocycles. The highest BCUT2D eigenvalue weighted by Crippen LogP contribution is 2.40. The number of hydrogen-bond acceptors (Lipinski definition) is 4. The second kappa shape index (κ2) is 4.44. The van der Waals surface area contributed by atoms with Gasteiger partial charge in [0, 0.05) is 7.11 Å². The monoisotopic (exact) mass is 238 g/mol. The molecule has 2 rings (SSSR count). The van der Waals surface area contributed by atoms with Gasteiger partial charge in [0.05, 0.1) is 12.1 Å². The quantitative estimate of drug-likeness (QED) is 0.831. The molecule has 1 saturated carbocycles. The molecule has 2 unspecified atom stereocenters. The molecule has 0 aliphatic heterocycles. The fraction of sp³-hybridized carbons (Fsp3) is 0.727. The Labute approximate surface area is 100 Å². The molecule has 6 nitrogen and oxygen atoms in total. The van der Waals surface area contributed by atoms with E-state index < -0.39 is 5.91 Å². The molecule has 94 valence electrons. The summed E-state index contributed by atoms with van der Waals surface area (Å²) < 4.78 is 7.05. The number of aromatic nitrogens is 3. The first-order valence-electron chi connectivity index (χ1n) is 5.84. The molecule has 2 N–H and O–H groups in total. The van der Waals surface area contributed by atoms with Crippen molar-refractivity contribution in [3.63, 3.8) is 0 Å². The van der Waals surface area contributed by atoms with Gasteiger partial charge in [-0.2, -0.15) is 0 Å². The highest BCUT2D eigenvalue weighted by molar-refractivity contribution is 5.91. The van der Waals surface area contributed by atoms with Gasteiger partial charge in [-0.05, 0) is 32.6 Å². The van der Waals surface area contributed by atoms with Crippen molar-refractivity contribution in [2.24, 2.45) is 11.7 Å². The Morgan fingerprint density at radius 1 is 1.53 bits per heavy atom. The van der Waals surface area contributed by atoms with E-state index >= 15 is 0 Å². The van der Waals surface area contributed by atoms with Crippen LogP contribution >= 0.6 is 0 Å². The lowest BCUT2D eigenvalue weighted by molar-refractivity contribution is 0.0955. The van der Waals surface area contributed by atoms with Crippen LogP contribution in [0.2, 0.25) is 0 Å². The number of carbonyl (C=O) groups excluding carboxylic acids is 1. The molecule has 1 heterocycles. The van der Waals surface area contributed by atoms with Crippen molar-refractivity contribution in [2.45, 2.75) is 38.8 Å². The number of primary amides is 1. The molecule has 0 bridgehead atoms. The van der Waals surface area contributed by atoms with E-state index in [1.807, 2.05) is 6.92 Å². The van der Waals surface area contributed by atoms with Gasteiger partial charge in [0.1, 0.15) is 5.69 Å². The summed E-state index contributed by atoms with van der Waals surface area (Å²) in [7, 11) is 1.59. The maximum absolute atomic E-state index is 11.3. The van der Waals surface area contributed by atoms with E-state index in [-0.39, 0.29) is 17.8 Å². The molecule has 1 aliphatic rings. The van der Waals surface area contributed by atoms with Crippen LogP contribution in [0.15, 0.2) is 0 Å². The smallest absolute Gasteiger partial charge is 0.271 e. The van der Waals surface area contributed by atoms with E-state index in [4.69, 9.17) is 10.5 Å². The molecule has 1 amide bonds. The van der Waals surface area contributed by atoms with Crippen LogP contribution in [-0.4, -0.2) is 28.0 Å². The molecule has 6 heteroatoms. The van der Waals surface area contributed by atoms with Gasteiger partial charge in [0.15, 0.2) is 5.69 Å². The summed E-state index contributed by atoms with van der Waals surface area (Å²) in [6, 6.07) is 0.239. The van der Waals surface area contributed by atoms with E-state index in [2.05, 4.69) is 17.2 Å². The van der Waals surface area contributed by atoms with E-state index in [0.29, 0.717) is 11.6 Å². The number of rotatable bonds is 5. The lowest BCUT2D eigenvalue weighted by Crippen LogP contribution is -2.19. The van der Waals surface area contributed by atoms with Crippen molar-refractivity contribution in [1.29, 1.82) is 0 Å². The third kappa shape index (κ3) is 2.17. The van der Waals surface area contributed by atoms with E-state index in [0.717, 1.165) is 0 Å². The van der Waals surface area contributed by atoms with Crippen LogP contribution in [0.25, 0.3) is 0 Å². The second-order valence-electron chi connectivity index (χ2n) is 4.59. The number of nitrogens with zero attached hydrogens (tertiary/aromatic N) is 3. The number of amides is 1. The minimum absolute atomic E-state index is 0.215. The standard InChI is InChI=1S/C11H18N4O2/c1-6(8-4-5-8)15-10(7(2)17-3)9(11(12)16)13-14-15/h6-8H,4-5H2,1-3H3,(H2,12,16). The average Bonchev–Trinajstić information content (AvgIpc) is 3.05. The summed E-state index contributed by atoms with van der Waals surface area (Å²) in [5, 5.41) is 7.93. The first-order chi connectivity index (χ1) is 8.06. The zero-order valence-electron chi connectivity index (χ0n) is 10.4. The number of methoxy groups -OCH3 is 1. The number of nitrogens with two attached hydrogens (primary N) is 1. The zero-order chi connectivity index (χ0) is 12.6. The molecule has 1 aromatic heterocycles. The predicted octanol–water partition coefficient (Wildman–Crippen LogP) is 1.06. The average molecular weight is 238 g/mol. The minimum atomic E-state index is -0.557. The van der Waals surface area contributed by atoms with Crippen LogP contribution in [0.4, 0.5) is 0 Å². The molecule has 0 saturated heterocycles. The SMILES string of the molecule is COC(C)c1c(C(N)=O)nnn1C(C)C1CC1. The summed E-state index contributed by atoms with van der Waals surface area (Å²) in [6.45, 7) is 3.95. The predicted molar refractivity (Wildman–Crippen MR) is 61.4 cm³/mol. The van der Waals surface area contributed by atoms with E-state index in [9.17, 15) is 4.79 Å². The molecule has 1 aromatic rings. The summed E-state index contributed by atoms with van der Waals surface area (Å²) in [6.07, 6.45) is 2.16. The maximum Gasteiger partial charge on any atom is 0.271 e. The Kier molecular flexibility index (Phi) is 3.15. The highest BCUT2D eigenvalue weighted by Gasteiger charge is 2.33. The largest absolute Gasteiger partial charge is 0.375 e. The summed E-state index contributed by atoms with van der Waals surface area (Å²) >= 11 is 0. The third-order valence-electron chi connectivity index (χ3n) is 3.39. The van der Waals surface area contributed by atoms with Crippen LogP contribution in [0.3, 0.4) is 0 Å². The molecule has 0 aromatic carbocycles. The van der Waals surface area contributed by atoms with Crippen molar-refractivity contribution in [3.8, 4) is 0 Å². The van der Waals surface area contributed by atoms with Crippen molar-refractivity contribution in [1.82, 2.24) is 15.0 Å². The fourth-order valence-electron chi connectivity index (χ4n) is 2.05. The van der Waals surface area contributed by atoms with Gasteiger partial charge in [0.25, 0.3) is 5.91 Å². The molecule has 0 spiro atoms. The normalized spacial score (nSPS) is 19.0. The van der Waals surface area contributed by atoms with Gasteiger partial charge in [-0.1, -0.05) is 5.21 Å². The Bertz CT molecular complexity index is 425. The van der Waals surface area contributed by atoms with Gasteiger partial charge in [0.2, 0.25) is 0 Å². The number of ether oxygens (including phenoxy) is 1. The molecular formula is C11H18N4O2. The zero-order valence-corrected chi connectivity index (χ0v) is 10.4. The van der Waals surface area contributed by atoms with E-state index in [1.165, 1.54) is 12.8 Å². The summed E-state index contributed by atoms with van der Waals surface area (Å²) in [4.78, 5) is 11.3. The second-order valence-corrected chi connectivity index (χ2v) is 4.59. The van der Waals surface area contributed by atoms with Crippen molar-refractivity contribution in [3.05, 3.63) is 11.4 Å². The third-order valence-corrected chi connectivity index (χ3v) is 3.39. The van der Waals surface area contributed by atoms with Crippen LogP contribution in [-0.2, 0) is 4.74 Å². The molecular weight excluding hydrogens is 220 g/mol. The summed E-state index contributed by atoms with van der Waals surface area (Å²) in [5.41, 5.74) is 6.20. The van der Waals surface area contributed by atoms with Crippen LogP contribution in [0, 0.1) is 5.92 Å². The van der Waals surface area contributed by atoms with E-state index in [1.54, 1.807) is 11.8 Å². The lowest BCUT2D eigenvalue weighted by atomic mass is 10.1. The van der Waals surface area contributed by atoms with Gasteiger partial charge in [-0.15, -0.1) is 5.10 Å². The van der Waals surface area contributed by atoms with Gasteiger partial charge in [-0.25, -0.2) is 4.68 Å². The van der Waals surface area contributed by atoms with Gasteiger partial charge < -0.3 is 10.5 Å². The first kappa shape index (κ1) is 12.0. The first-order valence-corrected chi connectivity index (χ1v) is 5.84. The Morgan fingerprint density at radius 2 is 2.18 bits per heavy atom. The highest BCUT2D eigenvalue weighted by atomic mass is 16.5. The molecule has 2 atom stereocenters. The van der Waals surface area contributed by atoms with Crippen LogP contribution < -0.4 is 5.73 Å². The topological polar surface area (TPSA) is 83.0 Å². The van der Waals surface area contributed by atoms with Crippen molar-refractivity contribution in [2.75, 3.05) is 7.11 Å². The fourth-order valence-corrected chi connectivity index (χ4v) is 2.05. The Hall–Kier alpha value is -1.43.